The van der Waals surface area contributed by atoms with Crippen LogP contribution in [0.25, 0.3) is 6.08 Å². The molecule has 0 atom stereocenters. The predicted molar refractivity (Wildman–Crippen MR) is 99.1 cm³/mol. The van der Waals surface area contributed by atoms with Crippen LogP contribution in [0.2, 0.25) is 0 Å². The van der Waals surface area contributed by atoms with E-state index < -0.39 is 10.0 Å². The Labute approximate surface area is 145 Å². The van der Waals surface area contributed by atoms with Crippen molar-refractivity contribution < 1.29 is 8.42 Å². The van der Waals surface area contributed by atoms with Gasteiger partial charge in [-0.15, -0.1) is 0 Å². The average Bonchev–Trinajstić information content (AvgIpc) is 3.13. The van der Waals surface area contributed by atoms with Crippen LogP contribution in [-0.4, -0.2) is 13.4 Å². The molecule has 2 heterocycles. The largest absolute Gasteiger partial charge is 0.263 e. The van der Waals surface area contributed by atoms with Crippen LogP contribution in [0.15, 0.2) is 77.1 Å². The molecule has 2 aromatic heterocycles. The number of nitrogens with zero attached hydrogens (tertiary/aromatic N) is 2. The lowest BCUT2D eigenvalue weighted by molar-refractivity contribution is 0.599. The topological polar surface area (TPSA) is 50.3 Å². The molecule has 0 aliphatic heterocycles. The Kier molecular flexibility index (Phi) is 5.08. The van der Waals surface area contributed by atoms with Gasteiger partial charge in [-0.3, -0.25) is 9.29 Å². The summed E-state index contributed by atoms with van der Waals surface area (Å²) in [5.41, 5.74) is 2.32. The number of hydrogen-bond acceptors (Lipinski definition) is 4. The third kappa shape index (κ3) is 4.10. The first-order chi connectivity index (χ1) is 11.6. The van der Waals surface area contributed by atoms with E-state index in [1.165, 1.54) is 9.71 Å². The normalized spacial score (nSPS) is 11.7. The van der Waals surface area contributed by atoms with E-state index in [1.807, 2.05) is 47.2 Å². The Hall–Kier alpha value is -2.44. The SMILES string of the molecule is O=S(=O)(C=Cc1ccccc1)N(Cc1ccsc1)c1cccnc1. The summed E-state index contributed by atoms with van der Waals surface area (Å²) in [6.07, 6.45) is 4.78. The lowest BCUT2D eigenvalue weighted by Gasteiger charge is -2.21. The average molecular weight is 356 g/mol. The molecule has 0 aliphatic carbocycles. The number of rotatable bonds is 6. The summed E-state index contributed by atoms with van der Waals surface area (Å²) < 4.78 is 27.1. The van der Waals surface area contributed by atoms with Gasteiger partial charge in [-0.2, -0.15) is 11.3 Å². The van der Waals surface area contributed by atoms with Crippen molar-refractivity contribution in [2.45, 2.75) is 6.54 Å². The van der Waals surface area contributed by atoms with Crippen molar-refractivity contribution in [3.63, 3.8) is 0 Å². The minimum atomic E-state index is -3.63. The van der Waals surface area contributed by atoms with Gasteiger partial charge in [0.05, 0.1) is 23.8 Å². The van der Waals surface area contributed by atoms with Gasteiger partial charge in [0.1, 0.15) is 0 Å². The molecule has 3 aromatic rings. The van der Waals surface area contributed by atoms with Gasteiger partial charge in [0.15, 0.2) is 0 Å². The van der Waals surface area contributed by atoms with Crippen LogP contribution >= 0.6 is 11.3 Å². The quantitative estimate of drug-likeness (QED) is 0.667. The number of benzene rings is 1. The van der Waals surface area contributed by atoms with E-state index in [0.717, 1.165) is 11.1 Å². The summed E-state index contributed by atoms with van der Waals surface area (Å²) in [7, 11) is -3.63. The number of pyridine rings is 1. The molecule has 0 amide bonds. The van der Waals surface area contributed by atoms with Crippen LogP contribution in [0, 0.1) is 0 Å². The molecule has 0 unspecified atom stereocenters. The maximum atomic E-state index is 12.8. The van der Waals surface area contributed by atoms with E-state index >= 15 is 0 Å². The van der Waals surface area contributed by atoms with E-state index in [1.54, 1.807) is 41.9 Å². The van der Waals surface area contributed by atoms with Crippen molar-refractivity contribution in [1.82, 2.24) is 4.98 Å². The van der Waals surface area contributed by atoms with Gasteiger partial charge in [0, 0.05) is 6.20 Å². The van der Waals surface area contributed by atoms with Gasteiger partial charge in [0.25, 0.3) is 10.0 Å². The molecule has 0 spiro atoms. The van der Waals surface area contributed by atoms with Crippen LogP contribution in [0.4, 0.5) is 5.69 Å². The molecule has 0 radical (unpaired) electrons. The highest BCUT2D eigenvalue weighted by atomic mass is 32.2. The minimum absolute atomic E-state index is 0.274. The highest BCUT2D eigenvalue weighted by Crippen LogP contribution is 2.22. The number of thiophene rings is 1. The van der Waals surface area contributed by atoms with Crippen LogP contribution in [-0.2, 0) is 16.6 Å². The van der Waals surface area contributed by atoms with E-state index in [0.29, 0.717) is 5.69 Å². The first-order valence-corrected chi connectivity index (χ1v) is 9.77. The Morgan fingerprint density at radius 3 is 2.58 bits per heavy atom. The summed E-state index contributed by atoms with van der Waals surface area (Å²) in [5.74, 6) is 0. The van der Waals surface area contributed by atoms with Crippen molar-refractivity contribution in [2.24, 2.45) is 0 Å². The zero-order valence-corrected chi connectivity index (χ0v) is 14.5. The zero-order chi connectivity index (χ0) is 16.8. The second-order valence-electron chi connectivity index (χ2n) is 5.11. The monoisotopic (exact) mass is 356 g/mol. The smallest absolute Gasteiger partial charge is 0.257 e. The molecule has 1 aromatic carbocycles. The third-order valence-electron chi connectivity index (χ3n) is 3.38. The maximum absolute atomic E-state index is 12.8. The Morgan fingerprint density at radius 2 is 1.92 bits per heavy atom. The summed E-state index contributed by atoms with van der Waals surface area (Å²) in [6, 6.07) is 14.8. The number of hydrogen-bond donors (Lipinski definition) is 0. The molecule has 4 nitrogen and oxygen atoms in total. The van der Waals surface area contributed by atoms with Crippen LogP contribution in [0.1, 0.15) is 11.1 Å². The molecule has 3 rings (SSSR count). The molecule has 0 bridgehead atoms. The second kappa shape index (κ2) is 7.42. The van der Waals surface area contributed by atoms with Crippen LogP contribution < -0.4 is 4.31 Å². The Morgan fingerprint density at radius 1 is 1.08 bits per heavy atom. The highest BCUT2D eigenvalue weighted by molar-refractivity contribution is 7.95. The summed E-state index contributed by atoms with van der Waals surface area (Å²) in [5, 5.41) is 5.12. The van der Waals surface area contributed by atoms with Crippen LogP contribution in [0.3, 0.4) is 0 Å². The fraction of sp³-hybridized carbons (Fsp3) is 0.0556. The first-order valence-electron chi connectivity index (χ1n) is 7.32. The molecule has 0 saturated heterocycles. The fourth-order valence-corrected chi connectivity index (χ4v) is 4.05. The number of sulfonamides is 1. The molecule has 0 N–H and O–H groups in total. The van der Waals surface area contributed by atoms with Gasteiger partial charge < -0.3 is 0 Å². The Bertz CT molecular complexity index is 891. The van der Waals surface area contributed by atoms with E-state index in [2.05, 4.69) is 4.98 Å². The van der Waals surface area contributed by atoms with Crippen LogP contribution in [0.5, 0.6) is 0 Å². The molecule has 24 heavy (non-hydrogen) atoms. The van der Waals surface area contributed by atoms with Gasteiger partial charge >= 0.3 is 0 Å². The molecule has 0 fully saturated rings. The van der Waals surface area contributed by atoms with Crippen molar-refractivity contribution in [3.05, 3.63) is 88.2 Å². The van der Waals surface area contributed by atoms with E-state index in [4.69, 9.17) is 0 Å². The lowest BCUT2D eigenvalue weighted by Crippen LogP contribution is -2.28. The second-order valence-corrected chi connectivity index (χ2v) is 7.63. The Balaban J connectivity index is 1.93. The number of aromatic nitrogens is 1. The van der Waals surface area contributed by atoms with Gasteiger partial charge in [-0.25, -0.2) is 8.42 Å². The number of anilines is 1. The summed E-state index contributed by atoms with van der Waals surface area (Å²) in [6.45, 7) is 0.274. The third-order valence-corrected chi connectivity index (χ3v) is 5.55. The molecule has 122 valence electrons. The van der Waals surface area contributed by atoms with Crippen molar-refractivity contribution in [1.29, 1.82) is 0 Å². The predicted octanol–water partition coefficient (Wildman–Crippen LogP) is 4.15. The molecular formula is C18H16N2O2S2. The van der Waals surface area contributed by atoms with Crippen molar-refractivity contribution >= 4 is 33.1 Å². The summed E-state index contributed by atoms with van der Waals surface area (Å²) >= 11 is 1.54. The molecular weight excluding hydrogens is 340 g/mol. The minimum Gasteiger partial charge on any atom is -0.263 e. The highest BCUT2D eigenvalue weighted by Gasteiger charge is 2.20. The van der Waals surface area contributed by atoms with Crippen molar-refractivity contribution in [3.8, 4) is 0 Å². The van der Waals surface area contributed by atoms with Gasteiger partial charge in [0.2, 0.25) is 0 Å². The fourth-order valence-electron chi connectivity index (χ4n) is 2.18. The molecule has 0 aliphatic rings. The lowest BCUT2D eigenvalue weighted by atomic mass is 10.2. The van der Waals surface area contributed by atoms with Gasteiger partial charge in [-0.1, -0.05) is 30.3 Å². The first kappa shape index (κ1) is 16.4. The van der Waals surface area contributed by atoms with Crippen molar-refractivity contribution in [2.75, 3.05) is 4.31 Å². The van der Waals surface area contributed by atoms with E-state index in [9.17, 15) is 8.42 Å². The van der Waals surface area contributed by atoms with E-state index in [-0.39, 0.29) is 6.54 Å². The standard InChI is InChI=1S/C18H16N2O2S2/c21-24(22,12-9-16-5-2-1-3-6-16)20(14-17-8-11-23-15-17)18-7-4-10-19-13-18/h1-13,15H,14H2. The maximum Gasteiger partial charge on any atom is 0.257 e. The molecule has 0 saturated carbocycles. The molecule has 6 heteroatoms. The van der Waals surface area contributed by atoms with Gasteiger partial charge in [-0.05, 0) is 46.2 Å². The summed E-state index contributed by atoms with van der Waals surface area (Å²) in [4.78, 5) is 4.04. The zero-order valence-electron chi connectivity index (χ0n) is 12.8.